The van der Waals surface area contributed by atoms with E-state index in [-0.39, 0.29) is 24.4 Å². The number of amides is 1. The number of nitrogens with one attached hydrogen (secondary N) is 1. The molecule has 2 rings (SSSR count). The van der Waals surface area contributed by atoms with Gasteiger partial charge in [0.25, 0.3) is 5.91 Å². The molecular formula is C16H14BrClFNO2. The molecule has 3 nitrogen and oxygen atoms in total. The molecule has 1 unspecified atom stereocenters. The first kappa shape index (κ1) is 16.8. The monoisotopic (exact) mass is 385 g/mol. The largest absolute Gasteiger partial charge is 0.483 e. The van der Waals surface area contributed by atoms with Gasteiger partial charge in [-0.05, 0) is 58.7 Å². The highest BCUT2D eigenvalue weighted by atomic mass is 79.9. The SMILES string of the molecule is CC(NC(=O)COc1ccc(F)cc1Br)c1cccc(Cl)c1. The lowest BCUT2D eigenvalue weighted by Gasteiger charge is -2.15. The Kier molecular flexibility index (Phi) is 5.80. The molecule has 0 aliphatic carbocycles. The molecule has 2 aromatic carbocycles. The summed E-state index contributed by atoms with van der Waals surface area (Å²) in [4.78, 5) is 11.9. The minimum atomic E-state index is -0.377. The summed E-state index contributed by atoms with van der Waals surface area (Å²) in [5, 5.41) is 3.43. The number of benzene rings is 2. The first-order valence-corrected chi connectivity index (χ1v) is 7.75. The van der Waals surface area contributed by atoms with E-state index in [4.69, 9.17) is 16.3 Å². The lowest BCUT2D eigenvalue weighted by molar-refractivity contribution is -0.123. The average molecular weight is 387 g/mol. The summed E-state index contributed by atoms with van der Waals surface area (Å²) in [6.07, 6.45) is 0. The highest BCUT2D eigenvalue weighted by Gasteiger charge is 2.11. The van der Waals surface area contributed by atoms with Crippen molar-refractivity contribution in [3.05, 3.63) is 63.3 Å². The van der Waals surface area contributed by atoms with Crippen LogP contribution >= 0.6 is 27.5 Å². The molecule has 0 aliphatic heterocycles. The third kappa shape index (κ3) is 4.71. The molecule has 0 saturated carbocycles. The Bertz CT molecular complexity index is 681. The summed E-state index contributed by atoms with van der Waals surface area (Å²) >= 11 is 9.10. The van der Waals surface area contributed by atoms with Crippen LogP contribution in [0, 0.1) is 5.82 Å². The highest BCUT2D eigenvalue weighted by molar-refractivity contribution is 9.10. The molecule has 0 fully saturated rings. The van der Waals surface area contributed by atoms with Crippen molar-refractivity contribution < 1.29 is 13.9 Å². The molecule has 1 atom stereocenters. The van der Waals surface area contributed by atoms with E-state index in [2.05, 4.69) is 21.2 Å². The molecule has 0 heterocycles. The maximum absolute atomic E-state index is 13.0. The summed E-state index contributed by atoms with van der Waals surface area (Å²) in [6, 6.07) is 11.1. The van der Waals surface area contributed by atoms with Crippen LogP contribution in [0.5, 0.6) is 5.75 Å². The molecule has 0 saturated heterocycles. The average Bonchev–Trinajstić information content (AvgIpc) is 2.46. The molecule has 2 aromatic rings. The van der Waals surface area contributed by atoms with Crippen molar-refractivity contribution in [1.29, 1.82) is 0 Å². The molecule has 1 amide bonds. The van der Waals surface area contributed by atoms with Crippen LogP contribution in [0.4, 0.5) is 4.39 Å². The van der Waals surface area contributed by atoms with E-state index in [1.165, 1.54) is 18.2 Å². The van der Waals surface area contributed by atoms with Crippen LogP contribution in [-0.2, 0) is 4.79 Å². The van der Waals surface area contributed by atoms with E-state index < -0.39 is 0 Å². The summed E-state index contributed by atoms with van der Waals surface area (Å²) in [7, 11) is 0. The molecule has 0 aliphatic rings. The van der Waals surface area contributed by atoms with Gasteiger partial charge in [0.05, 0.1) is 10.5 Å². The Labute approximate surface area is 141 Å². The number of ether oxygens (including phenoxy) is 1. The quantitative estimate of drug-likeness (QED) is 0.822. The maximum Gasteiger partial charge on any atom is 0.258 e. The minimum Gasteiger partial charge on any atom is -0.483 e. The minimum absolute atomic E-state index is 0.158. The third-order valence-corrected chi connectivity index (χ3v) is 3.83. The molecule has 0 spiro atoms. The Balaban J connectivity index is 1.90. The molecule has 22 heavy (non-hydrogen) atoms. The number of hydrogen-bond donors (Lipinski definition) is 1. The van der Waals surface area contributed by atoms with Crippen molar-refractivity contribution in [2.45, 2.75) is 13.0 Å². The van der Waals surface area contributed by atoms with Gasteiger partial charge in [0.2, 0.25) is 0 Å². The van der Waals surface area contributed by atoms with Crippen molar-refractivity contribution in [2.75, 3.05) is 6.61 Å². The molecule has 6 heteroatoms. The van der Waals surface area contributed by atoms with Crippen LogP contribution < -0.4 is 10.1 Å². The van der Waals surface area contributed by atoms with Crippen molar-refractivity contribution in [2.24, 2.45) is 0 Å². The zero-order chi connectivity index (χ0) is 16.1. The first-order chi connectivity index (χ1) is 10.5. The van der Waals surface area contributed by atoms with Crippen LogP contribution in [0.1, 0.15) is 18.5 Å². The Morgan fingerprint density at radius 3 is 2.82 bits per heavy atom. The highest BCUT2D eigenvalue weighted by Crippen LogP contribution is 2.25. The molecule has 116 valence electrons. The fraction of sp³-hybridized carbons (Fsp3) is 0.188. The Hall–Kier alpha value is -1.59. The molecule has 0 bridgehead atoms. The van der Waals surface area contributed by atoms with Crippen LogP contribution in [0.25, 0.3) is 0 Å². The lowest BCUT2D eigenvalue weighted by Crippen LogP contribution is -2.31. The van der Waals surface area contributed by atoms with Gasteiger partial charge < -0.3 is 10.1 Å². The van der Waals surface area contributed by atoms with Gasteiger partial charge in [-0.25, -0.2) is 4.39 Å². The van der Waals surface area contributed by atoms with E-state index in [0.717, 1.165) is 5.56 Å². The number of halogens is 3. The van der Waals surface area contributed by atoms with E-state index >= 15 is 0 Å². The van der Waals surface area contributed by atoms with Crippen LogP contribution in [-0.4, -0.2) is 12.5 Å². The van der Waals surface area contributed by atoms with Gasteiger partial charge in [0.15, 0.2) is 6.61 Å². The van der Waals surface area contributed by atoms with Gasteiger partial charge in [-0.2, -0.15) is 0 Å². The molecule has 1 N–H and O–H groups in total. The van der Waals surface area contributed by atoms with E-state index in [1.54, 1.807) is 12.1 Å². The fourth-order valence-corrected chi connectivity index (χ4v) is 2.54. The van der Waals surface area contributed by atoms with Gasteiger partial charge >= 0.3 is 0 Å². The van der Waals surface area contributed by atoms with Crippen LogP contribution in [0.3, 0.4) is 0 Å². The summed E-state index contributed by atoms with van der Waals surface area (Å²) < 4.78 is 18.8. The normalized spacial score (nSPS) is 11.8. The standard InChI is InChI=1S/C16H14BrClFNO2/c1-10(11-3-2-4-12(18)7-11)20-16(21)9-22-15-6-5-13(19)8-14(15)17/h2-8,10H,9H2,1H3,(H,20,21). The van der Waals surface area contributed by atoms with Crippen molar-refractivity contribution in [3.8, 4) is 5.75 Å². The number of carbonyl (C=O) groups excluding carboxylic acids is 1. The van der Waals surface area contributed by atoms with Gasteiger partial charge in [0.1, 0.15) is 11.6 Å². The van der Waals surface area contributed by atoms with E-state index in [9.17, 15) is 9.18 Å². The first-order valence-electron chi connectivity index (χ1n) is 6.58. The summed E-state index contributed by atoms with van der Waals surface area (Å²) in [5.41, 5.74) is 0.906. The zero-order valence-electron chi connectivity index (χ0n) is 11.8. The predicted octanol–water partition coefficient (Wildman–Crippen LogP) is 4.50. The number of rotatable bonds is 5. The molecule has 0 radical (unpaired) electrons. The van der Waals surface area contributed by atoms with E-state index in [1.807, 2.05) is 19.1 Å². The van der Waals surface area contributed by atoms with Gasteiger partial charge in [-0.1, -0.05) is 23.7 Å². The van der Waals surface area contributed by atoms with Gasteiger partial charge in [-0.3, -0.25) is 4.79 Å². The second-order valence-corrected chi connectivity index (χ2v) is 6.00. The van der Waals surface area contributed by atoms with Crippen molar-refractivity contribution in [3.63, 3.8) is 0 Å². The lowest BCUT2D eigenvalue weighted by atomic mass is 10.1. The third-order valence-electron chi connectivity index (χ3n) is 2.98. The topological polar surface area (TPSA) is 38.3 Å². The number of hydrogen-bond acceptors (Lipinski definition) is 2. The van der Waals surface area contributed by atoms with Crippen LogP contribution in [0.2, 0.25) is 5.02 Å². The second-order valence-electron chi connectivity index (χ2n) is 4.71. The van der Waals surface area contributed by atoms with Gasteiger partial charge in [-0.15, -0.1) is 0 Å². The van der Waals surface area contributed by atoms with E-state index in [0.29, 0.717) is 15.2 Å². The van der Waals surface area contributed by atoms with Crippen molar-refractivity contribution >= 4 is 33.4 Å². The summed E-state index contributed by atoms with van der Waals surface area (Å²) in [6.45, 7) is 1.70. The fourth-order valence-electron chi connectivity index (χ4n) is 1.88. The molecular weight excluding hydrogens is 373 g/mol. The Morgan fingerprint density at radius 1 is 1.36 bits per heavy atom. The number of carbonyl (C=O) groups is 1. The van der Waals surface area contributed by atoms with Crippen LogP contribution in [0.15, 0.2) is 46.9 Å². The zero-order valence-corrected chi connectivity index (χ0v) is 14.1. The molecule has 0 aromatic heterocycles. The van der Waals surface area contributed by atoms with Crippen molar-refractivity contribution in [1.82, 2.24) is 5.32 Å². The predicted molar refractivity (Wildman–Crippen MR) is 87.6 cm³/mol. The Morgan fingerprint density at radius 2 is 2.14 bits per heavy atom. The smallest absolute Gasteiger partial charge is 0.258 e. The second kappa shape index (κ2) is 7.61. The maximum atomic E-state index is 13.0. The van der Waals surface area contributed by atoms with Gasteiger partial charge in [0, 0.05) is 5.02 Å². The summed E-state index contributed by atoms with van der Waals surface area (Å²) in [5.74, 6) is -0.242.